The molecule has 27 heavy (non-hydrogen) atoms. The fraction of sp³-hybridized carbons (Fsp3) is 0.458. The van der Waals surface area contributed by atoms with Crippen LogP contribution in [-0.4, -0.2) is 12.0 Å². The summed E-state index contributed by atoms with van der Waals surface area (Å²) in [6.07, 6.45) is 8.24. The number of amides is 1. The molecule has 0 aromatic heterocycles. The summed E-state index contributed by atoms with van der Waals surface area (Å²) in [5.41, 5.74) is 5.44. The van der Waals surface area contributed by atoms with Crippen LogP contribution in [0.1, 0.15) is 67.3 Å². The van der Waals surface area contributed by atoms with Crippen LogP contribution in [0, 0.1) is 0 Å². The van der Waals surface area contributed by atoms with E-state index in [2.05, 4.69) is 41.7 Å². The molecule has 0 radical (unpaired) electrons. The predicted octanol–water partition coefficient (Wildman–Crippen LogP) is 4.92. The molecule has 0 saturated heterocycles. The van der Waals surface area contributed by atoms with E-state index < -0.39 is 6.10 Å². The molecule has 142 valence electrons. The zero-order chi connectivity index (χ0) is 18.6. The molecule has 1 N–H and O–H groups in total. The number of aryl methyl sites for hydroxylation is 3. The molecule has 0 saturated carbocycles. The molecule has 0 spiro atoms. The van der Waals surface area contributed by atoms with Crippen LogP contribution in [0.5, 0.6) is 5.75 Å². The van der Waals surface area contributed by atoms with Gasteiger partial charge in [0.2, 0.25) is 0 Å². The summed E-state index contributed by atoms with van der Waals surface area (Å²) in [5.74, 6) is 0.818. The van der Waals surface area contributed by atoms with Crippen molar-refractivity contribution in [1.82, 2.24) is 5.32 Å². The number of benzene rings is 2. The van der Waals surface area contributed by atoms with Crippen LogP contribution in [0.3, 0.4) is 0 Å². The summed E-state index contributed by atoms with van der Waals surface area (Å²) in [7, 11) is 0. The van der Waals surface area contributed by atoms with Crippen molar-refractivity contribution in [1.29, 1.82) is 0 Å². The molecule has 0 aliphatic heterocycles. The van der Waals surface area contributed by atoms with Crippen molar-refractivity contribution in [2.45, 2.75) is 70.4 Å². The Labute approximate surface area is 162 Å². The lowest BCUT2D eigenvalue weighted by molar-refractivity contribution is -0.129. The molecule has 1 amide bonds. The molecule has 0 unspecified atom stereocenters. The van der Waals surface area contributed by atoms with Gasteiger partial charge in [0.1, 0.15) is 5.75 Å². The molecule has 0 fully saturated rings. The summed E-state index contributed by atoms with van der Waals surface area (Å²) < 4.78 is 6.11. The average molecular weight is 364 g/mol. The molecule has 0 bridgehead atoms. The van der Waals surface area contributed by atoms with Gasteiger partial charge in [0.15, 0.2) is 6.10 Å². The van der Waals surface area contributed by atoms with Gasteiger partial charge in [-0.05, 0) is 85.8 Å². The maximum absolute atomic E-state index is 12.9. The molecular formula is C24H29NO2. The molecule has 2 aromatic rings. The van der Waals surface area contributed by atoms with Crippen LogP contribution in [-0.2, 0) is 24.1 Å². The van der Waals surface area contributed by atoms with E-state index in [1.54, 1.807) is 0 Å². The minimum atomic E-state index is -0.444. The van der Waals surface area contributed by atoms with Crippen LogP contribution < -0.4 is 10.1 Å². The molecular weight excluding hydrogens is 334 g/mol. The SMILES string of the molecule is CC[C@@H](Oc1ccc2c(c1)CCCC2)C(=O)N[C@H]1CCCc2ccccc21. The summed E-state index contributed by atoms with van der Waals surface area (Å²) >= 11 is 0. The molecule has 2 aliphatic rings. The number of ether oxygens (including phenoxy) is 1. The van der Waals surface area contributed by atoms with E-state index in [0.29, 0.717) is 6.42 Å². The Kier molecular flexibility index (Phi) is 5.47. The van der Waals surface area contributed by atoms with Crippen molar-refractivity contribution in [3.05, 3.63) is 64.7 Å². The Morgan fingerprint density at radius 1 is 1.04 bits per heavy atom. The highest BCUT2D eigenvalue weighted by Gasteiger charge is 2.26. The summed E-state index contributed by atoms with van der Waals surface area (Å²) in [6, 6.07) is 14.9. The van der Waals surface area contributed by atoms with Crippen molar-refractivity contribution in [2.75, 3.05) is 0 Å². The fourth-order valence-electron chi connectivity index (χ4n) is 4.44. The summed E-state index contributed by atoms with van der Waals surface area (Å²) in [5, 5.41) is 3.24. The highest BCUT2D eigenvalue weighted by molar-refractivity contribution is 5.81. The highest BCUT2D eigenvalue weighted by Crippen LogP contribution is 2.30. The van der Waals surface area contributed by atoms with Gasteiger partial charge in [-0.2, -0.15) is 0 Å². The van der Waals surface area contributed by atoms with Crippen LogP contribution in [0.15, 0.2) is 42.5 Å². The largest absolute Gasteiger partial charge is 0.481 e. The first-order valence-corrected chi connectivity index (χ1v) is 10.4. The lowest BCUT2D eigenvalue weighted by atomic mass is 9.87. The first-order valence-electron chi connectivity index (χ1n) is 10.4. The monoisotopic (exact) mass is 363 g/mol. The second-order valence-electron chi connectivity index (χ2n) is 7.80. The van der Waals surface area contributed by atoms with Gasteiger partial charge in [0, 0.05) is 0 Å². The van der Waals surface area contributed by atoms with E-state index in [4.69, 9.17) is 4.74 Å². The Hall–Kier alpha value is -2.29. The van der Waals surface area contributed by atoms with Gasteiger partial charge in [0.05, 0.1) is 6.04 Å². The number of hydrogen-bond donors (Lipinski definition) is 1. The van der Waals surface area contributed by atoms with Crippen molar-refractivity contribution in [3.8, 4) is 5.75 Å². The smallest absolute Gasteiger partial charge is 0.261 e. The maximum atomic E-state index is 12.9. The Morgan fingerprint density at radius 2 is 1.81 bits per heavy atom. The van der Waals surface area contributed by atoms with Gasteiger partial charge in [-0.3, -0.25) is 4.79 Å². The molecule has 3 nitrogen and oxygen atoms in total. The minimum absolute atomic E-state index is 0.00285. The number of hydrogen-bond acceptors (Lipinski definition) is 2. The van der Waals surface area contributed by atoms with Gasteiger partial charge in [-0.15, -0.1) is 0 Å². The van der Waals surface area contributed by atoms with Gasteiger partial charge >= 0.3 is 0 Å². The third kappa shape index (κ3) is 4.02. The van der Waals surface area contributed by atoms with E-state index in [9.17, 15) is 4.79 Å². The van der Waals surface area contributed by atoms with Crippen molar-refractivity contribution in [2.24, 2.45) is 0 Å². The van der Waals surface area contributed by atoms with E-state index in [1.807, 2.05) is 13.0 Å². The van der Waals surface area contributed by atoms with Gasteiger partial charge in [0.25, 0.3) is 5.91 Å². The van der Waals surface area contributed by atoms with Crippen LogP contribution >= 0.6 is 0 Å². The Bertz CT molecular complexity index is 814. The maximum Gasteiger partial charge on any atom is 0.261 e. The number of nitrogens with one attached hydrogen (secondary N) is 1. The van der Waals surface area contributed by atoms with Crippen molar-refractivity contribution >= 4 is 5.91 Å². The second-order valence-corrected chi connectivity index (χ2v) is 7.80. The van der Waals surface area contributed by atoms with Crippen molar-refractivity contribution in [3.63, 3.8) is 0 Å². The third-order valence-electron chi connectivity index (χ3n) is 5.95. The standard InChI is InChI=1S/C24H29NO2/c1-2-23(27-20-15-14-17-8-3-4-10-19(17)16-20)24(26)25-22-13-7-11-18-9-5-6-12-21(18)22/h5-6,9,12,14-16,22-23H,2-4,7-8,10-11,13H2,1H3,(H,25,26)/t22-,23+/m0/s1. The molecule has 2 aliphatic carbocycles. The molecule has 2 atom stereocenters. The summed E-state index contributed by atoms with van der Waals surface area (Å²) in [6.45, 7) is 2.01. The Morgan fingerprint density at radius 3 is 2.67 bits per heavy atom. The highest BCUT2D eigenvalue weighted by atomic mass is 16.5. The van der Waals surface area contributed by atoms with Crippen LogP contribution in [0.25, 0.3) is 0 Å². The normalized spacial score (nSPS) is 19.5. The molecule has 4 rings (SSSR count). The minimum Gasteiger partial charge on any atom is -0.481 e. The van der Waals surface area contributed by atoms with E-state index in [0.717, 1.165) is 37.9 Å². The topological polar surface area (TPSA) is 38.3 Å². The number of fused-ring (bicyclic) bond motifs is 2. The number of rotatable bonds is 5. The zero-order valence-electron chi connectivity index (χ0n) is 16.2. The quantitative estimate of drug-likeness (QED) is 0.819. The Balaban J connectivity index is 1.44. The lowest BCUT2D eigenvalue weighted by Gasteiger charge is -2.28. The van der Waals surface area contributed by atoms with Gasteiger partial charge < -0.3 is 10.1 Å². The first-order chi connectivity index (χ1) is 13.2. The average Bonchev–Trinajstić information content (AvgIpc) is 2.72. The summed E-state index contributed by atoms with van der Waals surface area (Å²) in [4.78, 5) is 12.9. The molecule has 2 aromatic carbocycles. The van der Waals surface area contributed by atoms with Gasteiger partial charge in [-0.1, -0.05) is 37.3 Å². The van der Waals surface area contributed by atoms with E-state index in [1.165, 1.54) is 35.1 Å². The van der Waals surface area contributed by atoms with E-state index >= 15 is 0 Å². The fourth-order valence-corrected chi connectivity index (χ4v) is 4.44. The molecule has 0 heterocycles. The van der Waals surface area contributed by atoms with E-state index in [-0.39, 0.29) is 11.9 Å². The van der Waals surface area contributed by atoms with Crippen LogP contribution in [0.2, 0.25) is 0 Å². The first kappa shape index (κ1) is 18.1. The molecule has 3 heteroatoms. The zero-order valence-corrected chi connectivity index (χ0v) is 16.2. The van der Waals surface area contributed by atoms with Gasteiger partial charge in [-0.25, -0.2) is 0 Å². The predicted molar refractivity (Wildman–Crippen MR) is 108 cm³/mol. The second kappa shape index (κ2) is 8.16. The third-order valence-corrected chi connectivity index (χ3v) is 5.95. The lowest BCUT2D eigenvalue weighted by Crippen LogP contribution is -2.41. The number of carbonyl (C=O) groups excluding carboxylic acids is 1. The number of carbonyl (C=O) groups is 1. The van der Waals surface area contributed by atoms with Crippen LogP contribution in [0.4, 0.5) is 0 Å². The van der Waals surface area contributed by atoms with Crippen molar-refractivity contribution < 1.29 is 9.53 Å².